The Morgan fingerprint density at radius 3 is 2.60 bits per heavy atom. The number of benzene rings is 1. The van der Waals surface area contributed by atoms with Crippen molar-refractivity contribution in [1.82, 2.24) is 0 Å². The lowest BCUT2D eigenvalue weighted by Gasteiger charge is -2.13. The van der Waals surface area contributed by atoms with E-state index in [1.807, 2.05) is 19.1 Å². The number of anilines is 1. The Hall–Kier alpha value is -1.50. The summed E-state index contributed by atoms with van der Waals surface area (Å²) in [6.45, 7) is 6.28. The van der Waals surface area contributed by atoms with Crippen molar-refractivity contribution in [3.63, 3.8) is 0 Å². The Balaban J connectivity index is 2.58. The third-order valence-corrected chi connectivity index (χ3v) is 2.23. The van der Waals surface area contributed by atoms with Crippen LogP contribution in [0.25, 0.3) is 0 Å². The van der Waals surface area contributed by atoms with Gasteiger partial charge in [-0.3, -0.25) is 0 Å². The molecule has 0 amide bonds. The molecule has 1 unspecified atom stereocenters. The number of hydrogen-bond acceptors (Lipinski definition) is 1. The van der Waals surface area contributed by atoms with E-state index in [2.05, 4.69) is 55.6 Å². The maximum Gasteiger partial charge on any atom is 0.0419 e. The van der Waals surface area contributed by atoms with Crippen LogP contribution in [0, 0.1) is 6.92 Å². The summed E-state index contributed by atoms with van der Waals surface area (Å²) in [5, 5.41) is 3.45. The standard InChI is InChI=1S/C14H19N/c1-4-5-6-10-13(3)15-14-11-8-7-9-12(14)2/h4-11,13,15H,1-3H3/b5-4-,10-6-. The lowest BCUT2D eigenvalue weighted by atomic mass is 10.2. The normalized spacial score (nSPS) is 13.5. The molecule has 0 heterocycles. The Morgan fingerprint density at radius 1 is 1.20 bits per heavy atom. The molecule has 1 aromatic rings. The predicted molar refractivity (Wildman–Crippen MR) is 68.2 cm³/mol. The van der Waals surface area contributed by atoms with E-state index in [-0.39, 0.29) is 0 Å². The van der Waals surface area contributed by atoms with Gasteiger partial charge in [0.05, 0.1) is 0 Å². The number of nitrogens with one attached hydrogen (secondary N) is 1. The van der Waals surface area contributed by atoms with Crippen LogP contribution in [0.5, 0.6) is 0 Å². The maximum atomic E-state index is 3.45. The zero-order valence-electron chi connectivity index (χ0n) is 9.70. The van der Waals surface area contributed by atoms with Crippen LogP contribution in [0.4, 0.5) is 5.69 Å². The van der Waals surface area contributed by atoms with Gasteiger partial charge in [-0.1, -0.05) is 42.5 Å². The molecule has 0 bridgehead atoms. The number of hydrogen-bond donors (Lipinski definition) is 1. The van der Waals surface area contributed by atoms with E-state index < -0.39 is 0 Å². The molecule has 0 saturated heterocycles. The summed E-state index contributed by atoms with van der Waals surface area (Å²) in [4.78, 5) is 0. The molecule has 1 rings (SSSR count). The third kappa shape index (κ3) is 4.03. The molecule has 0 aliphatic rings. The molecule has 1 atom stereocenters. The Kier molecular flexibility index (Phi) is 4.69. The summed E-state index contributed by atoms with van der Waals surface area (Å²) in [5.41, 5.74) is 2.49. The number of para-hydroxylation sites is 1. The Bertz CT molecular complexity index is 350. The summed E-state index contributed by atoms with van der Waals surface area (Å²) >= 11 is 0. The van der Waals surface area contributed by atoms with Crippen LogP contribution in [0.3, 0.4) is 0 Å². The van der Waals surface area contributed by atoms with Crippen molar-refractivity contribution in [1.29, 1.82) is 0 Å². The lowest BCUT2D eigenvalue weighted by molar-refractivity contribution is 0.994. The molecule has 80 valence electrons. The predicted octanol–water partition coefficient (Wildman–Crippen LogP) is 3.93. The van der Waals surface area contributed by atoms with Gasteiger partial charge in [0.2, 0.25) is 0 Å². The minimum Gasteiger partial charge on any atom is -0.379 e. The van der Waals surface area contributed by atoms with Gasteiger partial charge in [-0.25, -0.2) is 0 Å². The highest BCUT2D eigenvalue weighted by Gasteiger charge is 1.98. The maximum absolute atomic E-state index is 3.45. The van der Waals surface area contributed by atoms with E-state index in [4.69, 9.17) is 0 Å². The van der Waals surface area contributed by atoms with Gasteiger partial charge < -0.3 is 5.32 Å². The van der Waals surface area contributed by atoms with Gasteiger partial charge in [-0.15, -0.1) is 0 Å². The second kappa shape index (κ2) is 6.07. The quantitative estimate of drug-likeness (QED) is 0.728. The van der Waals surface area contributed by atoms with E-state index in [1.165, 1.54) is 11.3 Å². The molecule has 0 spiro atoms. The van der Waals surface area contributed by atoms with Gasteiger partial charge in [0.25, 0.3) is 0 Å². The Labute approximate surface area is 92.5 Å². The van der Waals surface area contributed by atoms with Gasteiger partial charge in [0.15, 0.2) is 0 Å². The van der Waals surface area contributed by atoms with Crippen molar-refractivity contribution in [2.24, 2.45) is 0 Å². The van der Waals surface area contributed by atoms with E-state index >= 15 is 0 Å². The van der Waals surface area contributed by atoms with Gasteiger partial charge in [-0.05, 0) is 32.4 Å². The molecule has 1 N–H and O–H groups in total. The molecule has 0 aliphatic heterocycles. The average Bonchev–Trinajstić information content (AvgIpc) is 2.22. The van der Waals surface area contributed by atoms with Crippen LogP contribution >= 0.6 is 0 Å². The van der Waals surface area contributed by atoms with Gasteiger partial charge in [0, 0.05) is 11.7 Å². The molecular weight excluding hydrogens is 182 g/mol. The zero-order chi connectivity index (χ0) is 11.1. The monoisotopic (exact) mass is 201 g/mol. The number of rotatable bonds is 4. The van der Waals surface area contributed by atoms with Crippen molar-refractivity contribution < 1.29 is 0 Å². The number of allylic oxidation sites excluding steroid dienone is 3. The first-order chi connectivity index (χ1) is 7.24. The molecule has 1 heteroatoms. The van der Waals surface area contributed by atoms with Crippen LogP contribution in [0.2, 0.25) is 0 Å². The van der Waals surface area contributed by atoms with E-state index in [0.717, 1.165) is 0 Å². The van der Waals surface area contributed by atoms with Crippen LogP contribution in [-0.4, -0.2) is 6.04 Å². The minimum absolute atomic E-state index is 0.349. The molecule has 0 fully saturated rings. The molecular formula is C14H19N. The second-order valence-electron chi connectivity index (χ2n) is 3.66. The van der Waals surface area contributed by atoms with Crippen molar-refractivity contribution in [3.8, 4) is 0 Å². The fourth-order valence-electron chi connectivity index (χ4n) is 1.37. The lowest BCUT2D eigenvalue weighted by Crippen LogP contribution is -2.12. The summed E-state index contributed by atoms with van der Waals surface area (Å²) in [5.74, 6) is 0. The Morgan fingerprint density at radius 2 is 1.93 bits per heavy atom. The van der Waals surface area contributed by atoms with Crippen molar-refractivity contribution >= 4 is 5.69 Å². The average molecular weight is 201 g/mol. The SMILES string of the molecule is C/C=C\C=C/C(C)Nc1ccccc1C. The highest BCUT2D eigenvalue weighted by molar-refractivity contribution is 5.51. The van der Waals surface area contributed by atoms with E-state index in [9.17, 15) is 0 Å². The topological polar surface area (TPSA) is 12.0 Å². The van der Waals surface area contributed by atoms with Crippen LogP contribution in [0.1, 0.15) is 19.4 Å². The first-order valence-electron chi connectivity index (χ1n) is 5.35. The van der Waals surface area contributed by atoms with E-state index in [0.29, 0.717) is 6.04 Å². The zero-order valence-corrected chi connectivity index (χ0v) is 9.70. The molecule has 15 heavy (non-hydrogen) atoms. The molecule has 0 aromatic heterocycles. The smallest absolute Gasteiger partial charge is 0.0419 e. The molecule has 0 radical (unpaired) electrons. The molecule has 0 saturated carbocycles. The fourth-order valence-corrected chi connectivity index (χ4v) is 1.37. The van der Waals surface area contributed by atoms with Crippen LogP contribution < -0.4 is 5.32 Å². The minimum atomic E-state index is 0.349. The summed E-state index contributed by atoms with van der Waals surface area (Å²) in [6.07, 6.45) is 8.27. The van der Waals surface area contributed by atoms with Crippen molar-refractivity contribution in [3.05, 3.63) is 54.1 Å². The fraction of sp³-hybridized carbons (Fsp3) is 0.286. The van der Waals surface area contributed by atoms with Crippen molar-refractivity contribution in [2.75, 3.05) is 5.32 Å². The largest absolute Gasteiger partial charge is 0.379 e. The van der Waals surface area contributed by atoms with Crippen LogP contribution in [0.15, 0.2) is 48.6 Å². The van der Waals surface area contributed by atoms with E-state index in [1.54, 1.807) is 0 Å². The van der Waals surface area contributed by atoms with Gasteiger partial charge in [0.1, 0.15) is 0 Å². The second-order valence-corrected chi connectivity index (χ2v) is 3.66. The van der Waals surface area contributed by atoms with Crippen molar-refractivity contribution in [2.45, 2.75) is 26.8 Å². The molecule has 1 nitrogen and oxygen atoms in total. The highest BCUT2D eigenvalue weighted by Crippen LogP contribution is 2.14. The number of aryl methyl sites for hydroxylation is 1. The summed E-state index contributed by atoms with van der Waals surface area (Å²) in [6, 6.07) is 8.68. The first-order valence-corrected chi connectivity index (χ1v) is 5.35. The summed E-state index contributed by atoms with van der Waals surface area (Å²) < 4.78 is 0. The summed E-state index contributed by atoms with van der Waals surface area (Å²) in [7, 11) is 0. The first kappa shape index (κ1) is 11.6. The highest BCUT2D eigenvalue weighted by atomic mass is 14.9. The molecule has 1 aromatic carbocycles. The van der Waals surface area contributed by atoms with Gasteiger partial charge >= 0.3 is 0 Å². The third-order valence-electron chi connectivity index (χ3n) is 2.23. The molecule has 0 aliphatic carbocycles. The van der Waals surface area contributed by atoms with Crippen LogP contribution in [-0.2, 0) is 0 Å². The van der Waals surface area contributed by atoms with Gasteiger partial charge in [-0.2, -0.15) is 0 Å².